The van der Waals surface area contributed by atoms with Crippen LogP contribution in [0.4, 0.5) is 17.1 Å². The first kappa shape index (κ1) is 14.8. The maximum Gasteiger partial charge on any atom is 0.273 e. The number of nitrogens with one attached hydrogen (secondary N) is 2. The highest BCUT2D eigenvalue weighted by atomic mass is 16.6. The standard InChI is InChI=1S/C14H19N5O2/c1-3-15-11-8-12(10-13(9-11)19(20)21)16-5-4-14-17-6-7-18(14)2/h6-10,15-16H,3-5H2,1-2H3. The minimum absolute atomic E-state index is 0.0768. The molecule has 1 aromatic carbocycles. The lowest BCUT2D eigenvalue weighted by Crippen LogP contribution is -2.09. The minimum atomic E-state index is -0.384. The first-order valence-electron chi connectivity index (χ1n) is 6.83. The monoisotopic (exact) mass is 289 g/mol. The summed E-state index contributed by atoms with van der Waals surface area (Å²) in [4.78, 5) is 14.8. The van der Waals surface area contributed by atoms with E-state index in [9.17, 15) is 10.1 Å². The van der Waals surface area contributed by atoms with E-state index in [2.05, 4.69) is 15.6 Å². The molecule has 2 aromatic rings. The summed E-state index contributed by atoms with van der Waals surface area (Å²) in [6, 6.07) is 4.95. The van der Waals surface area contributed by atoms with Crippen molar-refractivity contribution in [2.75, 3.05) is 23.7 Å². The van der Waals surface area contributed by atoms with E-state index in [4.69, 9.17) is 0 Å². The topological polar surface area (TPSA) is 85.0 Å². The first-order chi connectivity index (χ1) is 10.1. The summed E-state index contributed by atoms with van der Waals surface area (Å²) in [6.07, 6.45) is 4.40. The second-order valence-electron chi connectivity index (χ2n) is 4.69. The van der Waals surface area contributed by atoms with Crippen LogP contribution in [-0.2, 0) is 13.5 Å². The van der Waals surface area contributed by atoms with E-state index in [0.717, 1.165) is 23.6 Å². The van der Waals surface area contributed by atoms with E-state index in [0.29, 0.717) is 13.1 Å². The molecule has 0 fully saturated rings. The molecule has 1 aromatic heterocycles. The lowest BCUT2D eigenvalue weighted by molar-refractivity contribution is -0.384. The number of anilines is 2. The fraction of sp³-hybridized carbons (Fsp3) is 0.357. The van der Waals surface area contributed by atoms with E-state index in [1.807, 2.05) is 30.8 Å². The molecule has 21 heavy (non-hydrogen) atoms. The lowest BCUT2D eigenvalue weighted by atomic mass is 10.2. The van der Waals surface area contributed by atoms with E-state index in [-0.39, 0.29) is 10.6 Å². The molecular weight excluding hydrogens is 270 g/mol. The Morgan fingerprint density at radius 3 is 2.57 bits per heavy atom. The Morgan fingerprint density at radius 1 is 1.29 bits per heavy atom. The van der Waals surface area contributed by atoms with Gasteiger partial charge in [-0.2, -0.15) is 0 Å². The van der Waals surface area contributed by atoms with Crippen LogP contribution in [0.2, 0.25) is 0 Å². The van der Waals surface area contributed by atoms with Gasteiger partial charge in [-0.25, -0.2) is 4.98 Å². The van der Waals surface area contributed by atoms with Gasteiger partial charge in [-0.15, -0.1) is 0 Å². The smallest absolute Gasteiger partial charge is 0.273 e. The van der Waals surface area contributed by atoms with Gasteiger partial charge in [0.1, 0.15) is 5.82 Å². The fourth-order valence-electron chi connectivity index (χ4n) is 2.08. The summed E-state index contributed by atoms with van der Waals surface area (Å²) in [5.74, 6) is 0.972. The Bertz CT molecular complexity index is 624. The Balaban J connectivity index is 2.04. The molecule has 2 rings (SSSR count). The Hall–Kier alpha value is -2.57. The van der Waals surface area contributed by atoms with Gasteiger partial charge in [0.15, 0.2) is 0 Å². The van der Waals surface area contributed by atoms with Crippen LogP contribution in [-0.4, -0.2) is 27.6 Å². The minimum Gasteiger partial charge on any atom is -0.385 e. The molecule has 0 aliphatic carbocycles. The number of aromatic nitrogens is 2. The van der Waals surface area contributed by atoms with E-state index in [1.54, 1.807) is 12.3 Å². The zero-order chi connectivity index (χ0) is 15.2. The third-order valence-corrected chi connectivity index (χ3v) is 3.11. The summed E-state index contributed by atoms with van der Waals surface area (Å²) in [5.41, 5.74) is 1.55. The molecular formula is C14H19N5O2. The number of nitro groups is 1. The number of rotatable bonds is 7. The molecule has 2 N–H and O–H groups in total. The zero-order valence-corrected chi connectivity index (χ0v) is 12.2. The van der Waals surface area contributed by atoms with Crippen molar-refractivity contribution in [3.05, 3.63) is 46.5 Å². The fourth-order valence-corrected chi connectivity index (χ4v) is 2.08. The van der Waals surface area contributed by atoms with Gasteiger partial charge >= 0.3 is 0 Å². The van der Waals surface area contributed by atoms with Crippen molar-refractivity contribution < 1.29 is 4.92 Å². The highest BCUT2D eigenvalue weighted by Crippen LogP contribution is 2.24. The second-order valence-corrected chi connectivity index (χ2v) is 4.69. The normalized spacial score (nSPS) is 10.4. The molecule has 7 nitrogen and oxygen atoms in total. The predicted molar refractivity (Wildman–Crippen MR) is 82.7 cm³/mol. The van der Waals surface area contributed by atoms with Crippen LogP contribution < -0.4 is 10.6 Å². The maximum atomic E-state index is 11.0. The molecule has 112 valence electrons. The quantitative estimate of drug-likeness (QED) is 0.604. The van der Waals surface area contributed by atoms with Crippen molar-refractivity contribution in [3.63, 3.8) is 0 Å². The number of hydrogen-bond donors (Lipinski definition) is 2. The molecule has 0 aliphatic heterocycles. The maximum absolute atomic E-state index is 11.0. The number of benzene rings is 1. The number of hydrogen-bond acceptors (Lipinski definition) is 5. The van der Waals surface area contributed by atoms with E-state index < -0.39 is 0 Å². The van der Waals surface area contributed by atoms with Crippen LogP contribution >= 0.6 is 0 Å². The average molecular weight is 289 g/mol. The second kappa shape index (κ2) is 6.74. The van der Waals surface area contributed by atoms with Gasteiger partial charge in [-0.05, 0) is 13.0 Å². The molecule has 0 spiro atoms. The Labute approximate surface area is 123 Å². The van der Waals surface area contributed by atoms with Crippen LogP contribution in [0.3, 0.4) is 0 Å². The van der Waals surface area contributed by atoms with Gasteiger partial charge in [0.25, 0.3) is 5.69 Å². The summed E-state index contributed by atoms with van der Waals surface area (Å²) >= 11 is 0. The lowest BCUT2D eigenvalue weighted by Gasteiger charge is -2.09. The SMILES string of the molecule is CCNc1cc(NCCc2nccn2C)cc([N+](=O)[O-])c1. The molecule has 0 unspecified atom stereocenters. The van der Waals surface area contributed by atoms with Crippen molar-refractivity contribution in [2.45, 2.75) is 13.3 Å². The number of nitrogens with zero attached hydrogens (tertiary/aromatic N) is 3. The van der Waals surface area contributed by atoms with Crippen LogP contribution in [0, 0.1) is 10.1 Å². The van der Waals surface area contributed by atoms with E-state index in [1.165, 1.54) is 6.07 Å². The van der Waals surface area contributed by atoms with Crippen molar-refractivity contribution in [2.24, 2.45) is 7.05 Å². The van der Waals surface area contributed by atoms with Gasteiger partial charge in [-0.3, -0.25) is 10.1 Å². The average Bonchev–Trinajstić information content (AvgIpc) is 2.84. The van der Waals surface area contributed by atoms with Crippen molar-refractivity contribution in [1.29, 1.82) is 0 Å². The molecule has 0 radical (unpaired) electrons. The van der Waals surface area contributed by atoms with Gasteiger partial charge in [0, 0.05) is 62.5 Å². The third-order valence-electron chi connectivity index (χ3n) is 3.11. The molecule has 0 atom stereocenters. The highest BCUT2D eigenvalue weighted by molar-refractivity contribution is 5.63. The summed E-state index contributed by atoms with van der Waals surface area (Å²) < 4.78 is 1.96. The summed E-state index contributed by atoms with van der Waals surface area (Å²) in [6.45, 7) is 3.33. The van der Waals surface area contributed by atoms with Gasteiger partial charge in [0.05, 0.1) is 4.92 Å². The molecule has 0 aliphatic rings. The molecule has 1 heterocycles. The number of non-ortho nitro benzene ring substituents is 1. The Morgan fingerprint density at radius 2 is 2.00 bits per heavy atom. The van der Waals surface area contributed by atoms with Crippen molar-refractivity contribution >= 4 is 17.1 Å². The molecule has 0 bridgehead atoms. The first-order valence-corrected chi connectivity index (χ1v) is 6.83. The van der Waals surface area contributed by atoms with Crippen LogP contribution in [0.1, 0.15) is 12.7 Å². The summed E-state index contributed by atoms with van der Waals surface area (Å²) in [5, 5.41) is 17.3. The van der Waals surface area contributed by atoms with Crippen LogP contribution in [0.15, 0.2) is 30.6 Å². The number of nitro benzene ring substituents is 1. The van der Waals surface area contributed by atoms with Crippen LogP contribution in [0.25, 0.3) is 0 Å². The van der Waals surface area contributed by atoms with Crippen LogP contribution in [0.5, 0.6) is 0 Å². The number of imidazole rings is 1. The van der Waals surface area contributed by atoms with Crippen molar-refractivity contribution in [3.8, 4) is 0 Å². The highest BCUT2D eigenvalue weighted by Gasteiger charge is 2.09. The molecule has 7 heteroatoms. The molecule has 0 amide bonds. The molecule has 0 saturated carbocycles. The van der Waals surface area contributed by atoms with Gasteiger partial charge in [0.2, 0.25) is 0 Å². The van der Waals surface area contributed by atoms with Crippen molar-refractivity contribution in [1.82, 2.24) is 9.55 Å². The predicted octanol–water partition coefficient (Wildman–Crippen LogP) is 2.41. The summed E-state index contributed by atoms with van der Waals surface area (Å²) in [7, 11) is 1.94. The van der Waals surface area contributed by atoms with Gasteiger partial charge < -0.3 is 15.2 Å². The largest absolute Gasteiger partial charge is 0.385 e. The van der Waals surface area contributed by atoms with Gasteiger partial charge in [-0.1, -0.05) is 0 Å². The Kier molecular flexibility index (Phi) is 4.76. The zero-order valence-electron chi connectivity index (χ0n) is 12.2. The number of aryl methyl sites for hydroxylation is 1. The molecule has 0 saturated heterocycles. The third kappa shape index (κ3) is 3.95. The van der Waals surface area contributed by atoms with E-state index >= 15 is 0 Å².